The minimum absolute atomic E-state index is 0.0940. The Bertz CT molecular complexity index is 915. The van der Waals surface area contributed by atoms with Crippen LogP contribution in [0.15, 0.2) is 71.9 Å². The van der Waals surface area contributed by atoms with Crippen LogP contribution >= 0.6 is 11.6 Å². The van der Waals surface area contributed by atoms with Crippen LogP contribution in [0.5, 0.6) is 11.8 Å². The summed E-state index contributed by atoms with van der Waals surface area (Å²) in [6.07, 6.45) is 2.66. The highest BCUT2D eigenvalue weighted by Gasteiger charge is 2.14. The summed E-state index contributed by atoms with van der Waals surface area (Å²) in [4.78, 5) is 8.06. The normalized spacial score (nSPS) is 11.0. The number of hydrogen-bond acceptors (Lipinski definition) is 5. The van der Waals surface area contributed by atoms with Crippen molar-refractivity contribution in [3.63, 3.8) is 0 Å². The van der Waals surface area contributed by atoms with Crippen molar-refractivity contribution in [2.24, 2.45) is 0 Å². The molecule has 1 aromatic heterocycles. The Morgan fingerprint density at radius 3 is 2.17 bits per heavy atom. The first kappa shape index (κ1) is 16.2. The van der Waals surface area contributed by atoms with Crippen LogP contribution in [-0.2, 0) is 10.0 Å². The van der Waals surface area contributed by atoms with Gasteiger partial charge in [0.25, 0.3) is 10.0 Å². The van der Waals surface area contributed by atoms with Crippen LogP contribution in [0.25, 0.3) is 0 Å². The maximum Gasteiger partial charge on any atom is 0.322 e. The van der Waals surface area contributed by atoms with Gasteiger partial charge >= 0.3 is 6.01 Å². The van der Waals surface area contributed by atoms with Gasteiger partial charge in [0.2, 0.25) is 0 Å². The summed E-state index contributed by atoms with van der Waals surface area (Å²) in [5, 5.41) is 0.458. The van der Waals surface area contributed by atoms with Gasteiger partial charge in [-0.15, -0.1) is 0 Å². The molecule has 1 heterocycles. The number of sulfonamides is 1. The molecule has 8 heteroatoms. The van der Waals surface area contributed by atoms with Crippen molar-refractivity contribution in [1.29, 1.82) is 0 Å². The highest BCUT2D eigenvalue weighted by Crippen LogP contribution is 2.20. The summed E-state index contributed by atoms with van der Waals surface area (Å²) in [7, 11) is -3.73. The summed E-state index contributed by atoms with van der Waals surface area (Å²) < 4.78 is 32.3. The Hall–Kier alpha value is -2.64. The van der Waals surface area contributed by atoms with Crippen molar-refractivity contribution in [2.75, 3.05) is 4.72 Å². The molecular formula is C16H12ClN3O3S. The Balaban J connectivity index is 1.73. The maximum absolute atomic E-state index is 12.2. The summed E-state index contributed by atoms with van der Waals surface area (Å²) in [6, 6.07) is 15.0. The van der Waals surface area contributed by atoms with Crippen LogP contribution in [0, 0.1) is 0 Å². The Labute approximate surface area is 144 Å². The van der Waals surface area contributed by atoms with E-state index < -0.39 is 10.0 Å². The van der Waals surface area contributed by atoms with E-state index in [9.17, 15) is 8.42 Å². The fraction of sp³-hybridized carbons (Fsp3) is 0. The number of para-hydroxylation sites is 1. The molecule has 0 spiro atoms. The molecule has 0 radical (unpaired) electrons. The van der Waals surface area contributed by atoms with Crippen molar-refractivity contribution < 1.29 is 13.2 Å². The lowest BCUT2D eigenvalue weighted by Gasteiger charge is -2.08. The zero-order valence-electron chi connectivity index (χ0n) is 12.3. The molecule has 0 saturated carbocycles. The first-order chi connectivity index (χ1) is 11.5. The number of rotatable bonds is 5. The van der Waals surface area contributed by atoms with E-state index in [4.69, 9.17) is 16.3 Å². The van der Waals surface area contributed by atoms with E-state index in [1.807, 2.05) is 18.2 Å². The minimum Gasteiger partial charge on any atom is -0.424 e. The zero-order valence-corrected chi connectivity index (χ0v) is 13.8. The summed E-state index contributed by atoms with van der Waals surface area (Å²) in [6.45, 7) is 0. The first-order valence-electron chi connectivity index (χ1n) is 6.86. The fourth-order valence-electron chi connectivity index (χ4n) is 1.84. The summed E-state index contributed by atoms with van der Waals surface area (Å²) >= 11 is 5.76. The molecule has 24 heavy (non-hydrogen) atoms. The topological polar surface area (TPSA) is 81.2 Å². The van der Waals surface area contributed by atoms with Crippen molar-refractivity contribution in [3.8, 4) is 11.8 Å². The smallest absolute Gasteiger partial charge is 0.322 e. The van der Waals surface area contributed by atoms with Crippen molar-refractivity contribution in [2.45, 2.75) is 4.90 Å². The lowest BCUT2D eigenvalue weighted by molar-refractivity contribution is 0.442. The lowest BCUT2D eigenvalue weighted by atomic mass is 10.3. The second-order valence-corrected chi connectivity index (χ2v) is 6.85. The van der Waals surface area contributed by atoms with E-state index in [0.29, 0.717) is 10.8 Å². The van der Waals surface area contributed by atoms with Crippen molar-refractivity contribution in [3.05, 3.63) is 72.0 Å². The van der Waals surface area contributed by atoms with Crippen molar-refractivity contribution in [1.82, 2.24) is 9.97 Å². The molecule has 3 aromatic rings. The molecular weight excluding hydrogens is 350 g/mol. The maximum atomic E-state index is 12.2. The van der Waals surface area contributed by atoms with Crippen LogP contribution in [0.4, 0.5) is 5.69 Å². The molecule has 1 N–H and O–H groups in total. The number of hydrogen-bond donors (Lipinski definition) is 1. The van der Waals surface area contributed by atoms with Crippen LogP contribution in [0.2, 0.25) is 5.02 Å². The monoisotopic (exact) mass is 361 g/mol. The van der Waals surface area contributed by atoms with E-state index in [1.165, 1.54) is 36.7 Å². The van der Waals surface area contributed by atoms with Crippen LogP contribution in [-0.4, -0.2) is 18.4 Å². The van der Waals surface area contributed by atoms with Gasteiger partial charge in [0, 0.05) is 5.02 Å². The Morgan fingerprint density at radius 1 is 0.917 bits per heavy atom. The molecule has 122 valence electrons. The number of halogens is 1. The molecule has 2 aromatic carbocycles. The van der Waals surface area contributed by atoms with Crippen LogP contribution in [0.1, 0.15) is 0 Å². The second kappa shape index (κ2) is 6.86. The van der Waals surface area contributed by atoms with Gasteiger partial charge in [-0.25, -0.2) is 18.4 Å². The first-order valence-corrected chi connectivity index (χ1v) is 8.72. The molecule has 0 amide bonds. The SMILES string of the molecule is O=S(=O)(Nc1cnc(Oc2ccccc2)nc1)c1ccc(Cl)cc1. The van der Waals surface area contributed by atoms with Gasteiger partial charge in [-0.3, -0.25) is 4.72 Å². The molecule has 0 fully saturated rings. The molecule has 0 bridgehead atoms. The third-order valence-corrected chi connectivity index (χ3v) is 4.61. The number of aromatic nitrogens is 2. The lowest BCUT2D eigenvalue weighted by Crippen LogP contribution is -2.13. The quantitative estimate of drug-likeness (QED) is 0.749. The van der Waals surface area contributed by atoms with Crippen LogP contribution in [0.3, 0.4) is 0 Å². The molecule has 0 aliphatic carbocycles. The molecule has 0 unspecified atom stereocenters. The number of nitrogens with zero attached hydrogens (tertiary/aromatic N) is 2. The third-order valence-electron chi connectivity index (χ3n) is 2.96. The predicted molar refractivity (Wildman–Crippen MR) is 90.8 cm³/mol. The zero-order chi connectivity index (χ0) is 17.0. The van der Waals surface area contributed by atoms with Gasteiger partial charge in [-0.1, -0.05) is 29.8 Å². The highest BCUT2D eigenvalue weighted by atomic mass is 35.5. The number of anilines is 1. The second-order valence-electron chi connectivity index (χ2n) is 4.73. The van der Waals surface area contributed by atoms with Gasteiger partial charge in [0.1, 0.15) is 5.75 Å². The fourth-order valence-corrected chi connectivity index (χ4v) is 3.00. The third kappa shape index (κ3) is 4.01. The molecule has 0 atom stereocenters. The van der Waals surface area contributed by atoms with Gasteiger partial charge in [-0.2, -0.15) is 0 Å². The average Bonchev–Trinajstić information content (AvgIpc) is 2.58. The van der Waals surface area contributed by atoms with Crippen LogP contribution < -0.4 is 9.46 Å². The number of nitrogens with one attached hydrogen (secondary N) is 1. The summed E-state index contributed by atoms with van der Waals surface area (Å²) in [5.41, 5.74) is 0.227. The van der Waals surface area contributed by atoms with E-state index in [2.05, 4.69) is 14.7 Å². The average molecular weight is 362 g/mol. The minimum atomic E-state index is -3.73. The van der Waals surface area contributed by atoms with Gasteiger partial charge in [0.15, 0.2) is 0 Å². The highest BCUT2D eigenvalue weighted by molar-refractivity contribution is 7.92. The van der Waals surface area contributed by atoms with E-state index in [0.717, 1.165) is 0 Å². The Kier molecular flexibility index (Phi) is 4.64. The van der Waals surface area contributed by atoms with Gasteiger partial charge < -0.3 is 4.74 Å². The predicted octanol–water partition coefficient (Wildman–Crippen LogP) is 3.72. The largest absolute Gasteiger partial charge is 0.424 e. The molecule has 0 aliphatic rings. The molecule has 0 aliphatic heterocycles. The van der Waals surface area contributed by atoms with E-state index in [-0.39, 0.29) is 16.6 Å². The Morgan fingerprint density at radius 2 is 1.54 bits per heavy atom. The number of benzene rings is 2. The molecule has 3 rings (SSSR count). The molecule has 6 nitrogen and oxygen atoms in total. The molecule has 0 saturated heterocycles. The summed E-state index contributed by atoms with van der Waals surface area (Å²) in [5.74, 6) is 0.590. The van der Waals surface area contributed by atoms with E-state index in [1.54, 1.807) is 12.1 Å². The van der Waals surface area contributed by atoms with Gasteiger partial charge in [-0.05, 0) is 36.4 Å². The number of ether oxygens (including phenoxy) is 1. The van der Waals surface area contributed by atoms with Crippen molar-refractivity contribution >= 4 is 27.3 Å². The van der Waals surface area contributed by atoms with Gasteiger partial charge in [0.05, 0.1) is 23.0 Å². The van der Waals surface area contributed by atoms with E-state index >= 15 is 0 Å². The standard InChI is InChI=1S/C16H12ClN3O3S/c17-12-6-8-15(9-7-12)24(21,22)20-13-10-18-16(19-11-13)23-14-4-2-1-3-5-14/h1-11,20H.